The van der Waals surface area contributed by atoms with Crippen LogP contribution >= 0.6 is 11.3 Å². The molecule has 3 heterocycles. The van der Waals surface area contributed by atoms with Gasteiger partial charge in [0.15, 0.2) is 11.6 Å². The van der Waals surface area contributed by atoms with E-state index in [1.807, 2.05) is 44.2 Å². The molecule has 1 saturated carbocycles. The summed E-state index contributed by atoms with van der Waals surface area (Å²) in [6.07, 6.45) is 5.50. The van der Waals surface area contributed by atoms with Gasteiger partial charge < -0.3 is 15.0 Å². The molecule has 0 saturated heterocycles. The highest BCUT2D eigenvalue weighted by atomic mass is 32.1. The van der Waals surface area contributed by atoms with Crippen LogP contribution in [0.15, 0.2) is 48.7 Å². The number of aromatic nitrogens is 3. The van der Waals surface area contributed by atoms with Gasteiger partial charge in [0, 0.05) is 28.9 Å². The Morgan fingerprint density at radius 2 is 2.03 bits per heavy atom. The molecule has 0 bridgehead atoms. The third-order valence-corrected chi connectivity index (χ3v) is 7.62. The van der Waals surface area contributed by atoms with Crippen molar-refractivity contribution in [1.82, 2.24) is 19.9 Å². The first-order chi connectivity index (χ1) is 16.9. The Morgan fingerprint density at radius 3 is 2.74 bits per heavy atom. The minimum absolute atomic E-state index is 0.0209. The molecular formula is C27H28N4O3S. The zero-order chi connectivity index (χ0) is 24.5. The van der Waals surface area contributed by atoms with Crippen molar-refractivity contribution in [1.29, 1.82) is 0 Å². The van der Waals surface area contributed by atoms with Crippen molar-refractivity contribution in [3.05, 3.63) is 64.0 Å². The van der Waals surface area contributed by atoms with Crippen LogP contribution in [0, 0.1) is 6.92 Å². The first kappa shape index (κ1) is 23.2. The largest absolute Gasteiger partial charge is 0.506 e. The number of carbonyl (C=O) groups is 2. The predicted molar refractivity (Wildman–Crippen MR) is 137 cm³/mol. The summed E-state index contributed by atoms with van der Waals surface area (Å²) in [6, 6.07) is 13.1. The van der Waals surface area contributed by atoms with Gasteiger partial charge in [-0.15, -0.1) is 11.3 Å². The van der Waals surface area contributed by atoms with E-state index in [-0.39, 0.29) is 29.5 Å². The highest BCUT2D eigenvalue weighted by Crippen LogP contribution is 2.36. The number of thiophene rings is 1. The van der Waals surface area contributed by atoms with Gasteiger partial charge in [-0.2, -0.15) is 0 Å². The molecule has 1 aromatic carbocycles. The van der Waals surface area contributed by atoms with Crippen molar-refractivity contribution < 1.29 is 14.7 Å². The summed E-state index contributed by atoms with van der Waals surface area (Å²) < 4.78 is 2.20. The average molecular weight is 489 g/mol. The van der Waals surface area contributed by atoms with Gasteiger partial charge >= 0.3 is 0 Å². The van der Waals surface area contributed by atoms with Crippen molar-refractivity contribution in [2.75, 3.05) is 0 Å². The van der Waals surface area contributed by atoms with E-state index in [9.17, 15) is 14.7 Å². The Kier molecular flexibility index (Phi) is 6.38. The van der Waals surface area contributed by atoms with Gasteiger partial charge in [-0.25, -0.2) is 9.97 Å². The lowest BCUT2D eigenvalue weighted by Crippen LogP contribution is -2.38. The number of fused-ring (bicyclic) bond motifs is 1. The SMILES string of the molecule is CCC(=O)c1ccc2c(c1)nc(-c1ccc(O)cn1)n2[C@H]1CCC[C@@H](NC(=O)c2ccc(C)s2)C1. The van der Waals surface area contributed by atoms with Gasteiger partial charge in [0.1, 0.15) is 11.4 Å². The minimum Gasteiger partial charge on any atom is -0.506 e. The number of nitrogens with zero attached hydrogens (tertiary/aromatic N) is 3. The van der Waals surface area contributed by atoms with E-state index in [0.717, 1.165) is 46.5 Å². The zero-order valence-electron chi connectivity index (χ0n) is 19.8. The maximum absolute atomic E-state index is 12.8. The standard InChI is InChI=1S/C27H28N4O3S/c1-3-24(33)17-8-11-23-22(13-17)30-26(21-10-9-20(32)15-28-21)31(23)19-6-4-5-18(14-19)29-27(34)25-12-7-16(2)35-25/h7-13,15,18-19,32H,3-6,14H2,1-2H3,(H,29,34)/t18-,19+/m1/s1. The van der Waals surface area contributed by atoms with Crippen molar-refractivity contribution in [3.8, 4) is 17.3 Å². The van der Waals surface area contributed by atoms with Gasteiger partial charge in [0.2, 0.25) is 0 Å². The molecule has 1 amide bonds. The molecule has 0 spiro atoms. The van der Waals surface area contributed by atoms with Gasteiger partial charge in [-0.1, -0.05) is 6.92 Å². The topological polar surface area (TPSA) is 97.1 Å². The van der Waals surface area contributed by atoms with E-state index < -0.39 is 0 Å². The quantitative estimate of drug-likeness (QED) is 0.340. The zero-order valence-corrected chi connectivity index (χ0v) is 20.6. The summed E-state index contributed by atoms with van der Waals surface area (Å²) in [5.74, 6) is 0.853. The number of rotatable bonds is 6. The number of aryl methyl sites for hydroxylation is 1. The van der Waals surface area contributed by atoms with Crippen LogP contribution in [0.25, 0.3) is 22.6 Å². The molecule has 5 rings (SSSR count). The number of ketones is 1. The molecule has 2 atom stereocenters. The molecule has 0 radical (unpaired) electrons. The molecule has 4 aromatic rings. The van der Waals surface area contributed by atoms with Crippen LogP contribution in [0.5, 0.6) is 5.75 Å². The fourth-order valence-corrected chi connectivity index (χ4v) is 5.66. The molecule has 8 heteroatoms. The van der Waals surface area contributed by atoms with E-state index >= 15 is 0 Å². The molecule has 7 nitrogen and oxygen atoms in total. The number of nitrogens with one attached hydrogen (secondary N) is 1. The third-order valence-electron chi connectivity index (χ3n) is 6.62. The van der Waals surface area contributed by atoms with E-state index in [4.69, 9.17) is 4.98 Å². The summed E-state index contributed by atoms with van der Waals surface area (Å²) in [6.45, 7) is 3.85. The average Bonchev–Trinajstić information content (AvgIpc) is 3.47. The van der Waals surface area contributed by atoms with Crippen molar-refractivity contribution in [3.63, 3.8) is 0 Å². The highest BCUT2D eigenvalue weighted by Gasteiger charge is 2.29. The first-order valence-corrected chi connectivity index (χ1v) is 12.8. The Balaban J connectivity index is 1.50. The van der Waals surface area contributed by atoms with Crippen LogP contribution in [0.4, 0.5) is 0 Å². The Labute approximate surface area is 207 Å². The lowest BCUT2D eigenvalue weighted by Gasteiger charge is -2.32. The summed E-state index contributed by atoms with van der Waals surface area (Å²) >= 11 is 1.51. The number of pyridine rings is 1. The van der Waals surface area contributed by atoms with Gasteiger partial charge in [0.25, 0.3) is 5.91 Å². The fourth-order valence-electron chi connectivity index (χ4n) is 4.89. The number of hydrogen-bond donors (Lipinski definition) is 2. The van der Waals surface area contributed by atoms with Crippen LogP contribution in [0.3, 0.4) is 0 Å². The number of Topliss-reactive ketones (excluding diaryl/α,β-unsaturated/α-hetero) is 1. The highest BCUT2D eigenvalue weighted by molar-refractivity contribution is 7.13. The van der Waals surface area contributed by atoms with Crippen LogP contribution in [-0.4, -0.2) is 37.4 Å². The summed E-state index contributed by atoms with van der Waals surface area (Å²) in [4.78, 5) is 36.3. The van der Waals surface area contributed by atoms with Crippen molar-refractivity contribution in [2.24, 2.45) is 0 Å². The van der Waals surface area contributed by atoms with Gasteiger partial charge in [0.05, 0.1) is 22.1 Å². The van der Waals surface area contributed by atoms with E-state index in [2.05, 4.69) is 14.9 Å². The summed E-state index contributed by atoms with van der Waals surface area (Å²) in [5, 5.41) is 13.0. The predicted octanol–water partition coefficient (Wildman–Crippen LogP) is 5.68. The molecule has 2 N–H and O–H groups in total. The molecule has 1 fully saturated rings. The maximum atomic E-state index is 12.8. The number of aromatic hydroxyl groups is 1. The lowest BCUT2D eigenvalue weighted by molar-refractivity contribution is 0.0924. The van der Waals surface area contributed by atoms with E-state index in [1.54, 1.807) is 12.1 Å². The number of amides is 1. The minimum atomic E-state index is -0.0209. The van der Waals surface area contributed by atoms with Crippen LogP contribution in [-0.2, 0) is 0 Å². The second-order valence-corrected chi connectivity index (χ2v) is 10.4. The molecule has 0 aliphatic heterocycles. The second kappa shape index (κ2) is 9.62. The fraction of sp³-hybridized carbons (Fsp3) is 0.333. The normalized spacial score (nSPS) is 18.0. The lowest BCUT2D eigenvalue weighted by atomic mass is 9.90. The van der Waals surface area contributed by atoms with Gasteiger partial charge in [-0.3, -0.25) is 9.59 Å². The molecule has 0 unspecified atom stereocenters. The molecular weight excluding hydrogens is 460 g/mol. The summed E-state index contributed by atoms with van der Waals surface area (Å²) in [7, 11) is 0. The van der Waals surface area contributed by atoms with Crippen molar-refractivity contribution >= 4 is 34.1 Å². The smallest absolute Gasteiger partial charge is 0.261 e. The Hall–Kier alpha value is -3.52. The number of imidazole rings is 1. The van der Waals surface area contributed by atoms with E-state index in [0.29, 0.717) is 23.5 Å². The molecule has 35 heavy (non-hydrogen) atoms. The van der Waals surface area contributed by atoms with Crippen LogP contribution in [0.2, 0.25) is 0 Å². The third kappa shape index (κ3) is 4.71. The first-order valence-electron chi connectivity index (χ1n) is 12.0. The molecule has 1 aliphatic rings. The number of carbonyl (C=O) groups excluding carboxylic acids is 2. The number of benzene rings is 1. The Bertz CT molecular complexity index is 1390. The number of hydrogen-bond acceptors (Lipinski definition) is 6. The van der Waals surface area contributed by atoms with Crippen LogP contribution in [0.1, 0.15) is 70.0 Å². The molecule has 180 valence electrons. The Morgan fingerprint density at radius 1 is 1.17 bits per heavy atom. The second-order valence-electron chi connectivity index (χ2n) is 9.09. The maximum Gasteiger partial charge on any atom is 0.261 e. The summed E-state index contributed by atoms with van der Waals surface area (Å²) in [5.41, 5.74) is 2.99. The van der Waals surface area contributed by atoms with Crippen LogP contribution < -0.4 is 5.32 Å². The van der Waals surface area contributed by atoms with Crippen molar-refractivity contribution in [2.45, 2.75) is 58.0 Å². The van der Waals surface area contributed by atoms with Gasteiger partial charge in [-0.05, 0) is 75.1 Å². The monoisotopic (exact) mass is 488 g/mol. The van der Waals surface area contributed by atoms with E-state index in [1.165, 1.54) is 17.5 Å². The molecule has 1 aliphatic carbocycles. The molecule has 3 aromatic heterocycles.